The Morgan fingerprint density at radius 3 is 2.83 bits per heavy atom. The first-order chi connectivity index (χ1) is 8.58. The summed E-state index contributed by atoms with van der Waals surface area (Å²) in [6.07, 6.45) is 1.29. The lowest BCUT2D eigenvalue weighted by Gasteiger charge is -2.22. The average molecular weight is 249 g/mol. The first-order valence-corrected chi connectivity index (χ1v) is 5.36. The molecule has 18 heavy (non-hydrogen) atoms. The molecule has 0 fully saturated rings. The van der Waals surface area contributed by atoms with E-state index in [4.69, 9.17) is 5.11 Å². The number of rotatable bonds is 2. The Labute approximate surface area is 103 Å². The zero-order valence-corrected chi connectivity index (χ0v) is 9.44. The normalized spacial score (nSPS) is 15.1. The number of carboxylic acid groups (broad SMARTS) is 1. The number of nitrogens with zero attached hydrogens (tertiary/aromatic N) is 3. The molecule has 0 aliphatic carbocycles. The lowest BCUT2D eigenvalue weighted by molar-refractivity contribution is -0.389. The Bertz CT molecular complexity index is 527. The average Bonchev–Trinajstić information content (AvgIpc) is 2.39. The standard InChI is InChI=1S/C11H11N3O4/c15-11(16)13-6-4-8(5-7-13)9-2-1-3-10(12-9)14(17)18/h1-4H,5-7H2,(H,15,16). The Hall–Kier alpha value is -2.44. The number of pyridine rings is 1. The molecular formula is C11H11N3O4. The van der Waals surface area contributed by atoms with Crippen molar-refractivity contribution in [3.05, 3.63) is 40.1 Å². The second-order valence-corrected chi connectivity index (χ2v) is 3.85. The van der Waals surface area contributed by atoms with Crippen LogP contribution in [0.3, 0.4) is 0 Å². The van der Waals surface area contributed by atoms with Crippen LogP contribution >= 0.6 is 0 Å². The molecule has 0 radical (unpaired) electrons. The zero-order chi connectivity index (χ0) is 13.1. The van der Waals surface area contributed by atoms with E-state index in [0.717, 1.165) is 5.57 Å². The monoisotopic (exact) mass is 249 g/mol. The van der Waals surface area contributed by atoms with Crippen molar-refractivity contribution in [1.29, 1.82) is 0 Å². The third-order valence-corrected chi connectivity index (χ3v) is 2.73. The van der Waals surface area contributed by atoms with Gasteiger partial charge in [0.05, 0.1) is 0 Å². The van der Waals surface area contributed by atoms with Crippen LogP contribution in [0.15, 0.2) is 24.3 Å². The zero-order valence-electron chi connectivity index (χ0n) is 9.44. The van der Waals surface area contributed by atoms with Crippen LogP contribution in [0.5, 0.6) is 0 Å². The second kappa shape index (κ2) is 4.82. The molecule has 1 N–H and O–H groups in total. The first-order valence-electron chi connectivity index (χ1n) is 5.36. The van der Waals surface area contributed by atoms with E-state index >= 15 is 0 Å². The second-order valence-electron chi connectivity index (χ2n) is 3.85. The molecule has 2 heterocycles. The van der Waals surface area contributed by atoms with E-state index in [9.17, 15) is 14.9 Å². The van der Waals surface area contributed by atoms with E-state index in [0.29, 0.717) is 18.7 Å². The molecule has 1 aromatic rings. The highest BCUT2D eigenvalue weighted by molar-refractivity contribution is 5.70. The van der Waals surface area contributed by atoms with Gasteiger partial charge in [-0.15, -0.1) is 0 Å². The SMILES string of the molecule is O=C(O)N1CC=C(c2cccc([N+](=O)[O-])n2)CC1. The van der Waals surface area contributed by atoms with Crippen LogP contribution in [-0.4, -0.2) is 39.1 Å². The van der Waals surface area contributed by atoms with E-state index in [1.54, 1.807) is 18.2 Å². The van der Waals surface area contributed by atoms with Crippen LogP contribution in [0.4, 0.5) is 10.6 Å². The summed E-state index contributed by atoms with van der Waals surface area (Å²) >= 11 is 0. The molecule has 7 heteroatoms. The summed E-state index contributed by atoms with van der Waals surface area (Å²) in [7, 11) is 0. The van der Waals surface area contributed by atoms with E-state index < -0.39 is 11.0 Å². The van der Waals surface area contributed by atoms with Gasteiger partial charge < -0.3 is 20.1 Å². The van der Waals surface area contributed by atoms with Gasteiger partial charge in [0.1, 0.15) is 0 Å². The lowest BCUT2D eigenvalue weighted by Crippen LogP contribution is -2.33. The predicted octanol–water partition coefficient (Wildman–Crippen LogP) is 1.76. The molecule has 2 rings (SSSR count). The van der Waals surface area contributed by atoms with Gasteiger partial charge in [-0.1, -0.05) is 6.08 Å². The highest BCUT2D eigenvalue weighted by atomic mass is 16.6. The molecule has 0 spiro atoms. The fourth-order valence-corrected chi connectivity index (χ4v) is 1.78. The van der Waals surface area contributed by atoms with Crippen molar-refractivity contribution >= 4 is 17.5 Å². The van der Waals surface area contributed by atoms with Gasteiger partial charge in [-0.25, -0.2) is 4.79 Å². The van der Waals surface area contributed by atoms with Crippen molar-refractivity contribution in [3.8, 4) is 0 Å². The predicted molar refractivity (Wildman–Crippen MR) is 63.1 cm³/mol. The van der Waals surface area contributed by atoms with Crippen LogP contribution in [0, 0.1) is 10.1 Å². The Balaban J connectivity index is 2.20. The summed E-state index contributed by atoms with van der Waals surface area (Å²) in [5, 5.41) is 19.4. The van der Waals surface area contributed by atoms with Crippen molar-refractivity contribution in [1.82, 2.24) is 9.88 Å². The molecular weight excluding hydrogens is 238 g/mol. The minimum Gasteiger partial charge on any atom is -0.465 e. The highest BCUT2D eigenvalue weighted by Crippen LogP contribution is 2.22. The molecule has 0 bridgehead atoms. The molecule has 1 aromatic heterocycles. The Kier molecular flexibility index (Phi) is 3.22. The molecule has 94 valence electrons. The third kappa shape index (κ3) is 2.45. The third-order valence-electron chi connectivity index (χ3n) is 2.73. The summed E-state index contributed by atoms with van der Waals surface area (Å²) in [6, 6.07) is 4.59. The van der Waals surface area contributed by atoms with Gasteiger partial charge in [0.15, 0.2) is 5.69 Å². The first kappa shape index (κ1) is 12.0. The highest BCUT2D eigenvalue weighted by Gasteiger charge is 2.20. The van der Waals surface area contributed by atoms with Gasteiger partial charge >= 0.3 is 11.9 Å². The number of hydrogen-bond acceptors (Lipinski definition) is 4. The van der Waals surface area contributed by atoms with Crippen molar-refractivity contribution in [3.63, 3.8) is 0 Å². The number of nitro groups is 1. The van der Waals surface area contributed by atoms with Crippen molar-refractivity contribution in [2.45, 2.75) is 6.42 Å². The molecule has 1 amide bonds. The molecule has 1 aliphatic rings. The van der Waals surface area contributed by atoms with Crippen LogP contribution in [0.1, 0.15) is 12.1 Å². The minimum atomic E-state index is -0.961. The lowest BCUT2D eigenvalue weighted by atomic mass is 10.0. The van der Waals surface area contributed by atoms with Crippen molar-refractivity contribution in [2.24, 2.45) is 0 Å². The Morgan fingerprint density at radius 1 is 1.50 bits per heavy atom. The van der Waals surface area contributed by atoms with Gasteiger partial charge in [-0.3, -0.25) is 0 Å². The smallest absolute Gasteiger partial charge is 0.407 e. The van der Waals surface area contributed by atoms with Gasteiger partial charge in [0.25, 0.3) is 0 Å². The molecule has 0 aromatic carbocycles. The van der Waals surface area contributed by atoms with E-state index in [-0.39, 0.29) is 12.4 Å². The molecule has 7 nitrogen and oxygen atoms in total. The van der Waals surface area contributed by atoms with Crippen molar-refractivity contribution in [2.75, 3.05) is 13.1 Å². The quantitative estimate of drug-likeness (QED) is 0.636. The minimum absolute atomic E-state index is 0.200. The fraction of sp³-hybridized carbons (Fsp3) is 0.273. The number of carbonyl (C=O) groups is 1. The van der Waals surface area contributed by atoms with Crippen LogP contribution in [-0.2, 0) is 0 Å². The maximum Gasteiger partial charge on any atom is 0.407 e. The van der Waals surface area contributed by atoms with E-state index in [1.807, 2.05) is 0 Å². The largest absolute Gasteiger partial charge is 0.465 e. The summed E-state index contributed by atoms with van der Waals surface area (Å²) in [6.45, 7) is 0.667. The summed E-state index contributed by atoms with van der Waals surface area (Å²) in [5.74, 6) is -0.200. The molecule has 0 atom stereocenters. The fourth-order valence-electron chi connectivity index (χ4n) is 1.78. The molecule has 0 unspecified atom stereocenters. The number of amides is 1. The summed E-state index contributed by atoms with van der Waals surface area (Å²) in [4.78, 5) is 26.0. The number of aromatic nitrogens is 1. The van der Waals surface area contributed by atoms with Crippen LogP contribution in [0.25, 0.3) is 5.57 Å². The van der Waals surface area contributed by atoms with Gasteiger partial charge in [-0.05, 0) is 28.5 Å². The van der Waals surface area contributed by atoms with Crippen LogP contribution in [0.2, 0.25) is 0 Å². The summed E-state index contributed by atoms with van der Waals surface area (Å²) in [5.41, 5.74) is 1.38. The topological polar surface area (TPSA) is 96.6 Å². The molecule has 1 aliphatic heterocycles. The summed E-state index contributed by atoms with van der Waals surface area (Å²) < 4.78 is 0. The van der Waals surface area contributed by atoms with Gasteiger partial charge in [0, 0.05) is 24.7 Å². The van der Waals surface area contributed by atoms with Gasteiger partial charge in [0.2, 0.25) is 0 Å². The van der Waals surface area contributed by atoms with E-state index in [2.05, 4.69) is 4.98 Å². The van der Waals surface area contributed by atoms with E-state index in [1.165, 1.54) is 11.0 Å². The Morgan fingerprint density at radius 2 is 2.28 bits per heavy atom. The molecule has 0 saturated heterocycles. The molecule has 0 saturated carbocycles. The van der Waals surface area contributed by atoms with Crippen molar-refractivity contribution < 1.29 is 14.8 Å². The maximum absolute atomic E-state index is 10.7. The van der Waals surface area contributed by atoms with Gasteiger partial charge in [-0.2, -0.15) is 0 Å². The van der Waals surface area contributed by atoms with Crippen LogP contribution < -0.4 is 0 Å². The number of hydrogen-bond donors (Lipinski definition) is 1. The maximum atomic E-state index is 10.7.